The van der Waals surface area contributed by atoms with E-state index >= 15 is 0 Å². The highest BCUT2D eigenvalue weighted by Crippen LogP contribution is 2.56. The Hall–Kier alpha value is -4.04. The highest BCUT2D eigenvalue weighted by Gasteiger charge is 2.59. The second-order valence-corrected chi connectivity index (χ2v) is 14.3. The van der Waals surface area contributed by atoms with Gasteiger partial charge in [-0.1, -0.05) is 30.3 Å². The number of benzene rings is 3. The fraction of sp³-hybridized carbons (Fsp3) is 0.474. The first-order valence-electron chi connectivity index (χ1n) is 17.2. The summed E-state index contributed by atoms with van der Waals surface area (Å²) in [6.45, 7) is 0.358. The zero-order valence-electron chi connectivity index (χ0n) is 28.1. The van der Waals surface area contributed by atoms with Crippen molar-refractivity contribution in [2.75, 3.05) is 25.1 Å². The molecule has 1 saturated carbocycles. The van der Waals surface area contributed by atoms with Crippen LogP contribution in [0.4, 0.5) is 40.8 Å². The topological polar surface area (TPSA) is 59.1 Å². The lowest BCUT2D eigenvalue weighted by Gasteiger charge is -2.53. The molecule has 0 aromatic heterocycles. The first-order valence-corrected chi connectivity index (χ1v) is 17.2. The monoisotopic (exact) mass is 736 g/mol. The third kappa shape index (κ3) is 6.46. The van der Waals surface area contributed by atoms with Crippen LogP contribution >= 0.6 is 0 Å². The van der Waals surface area contributed by atoms with Gasteiger partial charge < -0.3 is 14.4 Å². The van der Waals surface area contributed by atoms with Gasteiger partial charge in [-0.05, 0) is 91.1 Å². The molecule has 3 fully saturated rings. The number of halogens is 8. The van der Waals surface area contributed by atoms with E-state index in [0.29, 0.717) is 56.6 Å². The van der Waals surface area contributed by atoms with Gasteiger partial charge in [-0.25, -0.2) is 8.78 Å². The summed E-state index contributed by atoms with van der Waals surface area (Å²) in [5.74, 6) is -4.08. The van der Waals surface area contributed by atoms with Crippen LogP contribution in [0.1, 0.15) is 59.9 Å². The Morgan fingerprint density at radius 2 is 1.56 bits per heavy atom. The number of ether oxygens (including phenoxy) is 2. The molecule has 0 unspecified atom stereocenters. The second-order valence-electron chi connectivity index (χ2n) is 14.3. The van der Waals surface area contributed by atoms with E-state index in [-0.39, 0.29) is 41.3 Å². The van der Waals surface area contributed by atoms with Crippen LogP contribution in [-0.2, 0) is 50.0 Å². The molecule has 3 aromatic rings. The molecule has 0 radical (unpaired) electrons. The number of anilines is 1. The molecule has 14 heteroatoms. The molecule has 278 valence electrons. The van der Waals surface area contributed by atoms with E-state index < -0.39 is 71.7 Å². The Labute approximate surface area is 294 Å². The molecule has 2 saturated heterocycles. The highest BCUT2D eigenvalue weighted by atomic mass is 19.4. The zero-order chi connectivity index (χ0) is 37.2. The van der Waals surface area contributed by atoms with Crippen LogP contribution in [0.5, 0.6) is 0 Å². The van der Waals surface area contributed by atoms with E-state index in [1.165, 1.54) is 12.0 Å². The normalized spacial score (nSPS) is 27.7. The van der Waals surface area contributed by atoms with Crippen LogP contribution in [0.25, 0.3) is 0 Å². The standard InChI is InChI=1S/C38H36F8N2O4/c1-51-35(50)34-26-16-32-36(12-13-47(32)18-21(26)8-11-31(34)52-20-23-7-10-25(40)15-29(23)38(44,45)46)17-33(49)48(30-5-3-2-4-27(30)36)19-22-6-9-24(39)14-28(22)37(41,42)43/h2-7,9-10,14-15,21,26,31-32,34H,8,11-13,16-20H2,1H3/t21-,26-,31-,32-,34+,36-/m0/s1. The van der Waals surface area contributed by atoms with Crippen molar-refractivity contribution in [1.82, 2.24) is 4.90 Å². The van der Waals surface area contributed by atoms with Crippen LogP contribution < -0.4 is 4.90 Å². The number of hydrogen-bond donors (Lipinski definition) is 0. The van der Waals surface area contributed by atoms with Crippen molar-refractivity contribution in [3.8, 4) is 0 Å². The summed E-state index contributed by atoms with van der Waals surface area (Å²) in [5, 5.41) is 0. The fourth-order valence-corrected chi connectivity index (χ4v) is 9.40. The molecule has 1 amide bonds. The number of piperidine rings is 1. The molecule has 0 N–H and O–H groups in total. The first kappa shape index (κ1) is 36.3. The van der Waals surface area contributed by atoms with Gasteiger partial charge in [0.2, 0.25) is 5.91 Å². The molecule has 6 nitrogen and oxygen atoms in total. The molecule has 6 atom stereocenters. The van der Waals surface area contributed by atoms with Gasteiger partial charge in [-0.15, -0.1) is 0 Å². The van der Waals surface area contributed by atoms with Gasteiger partial charge in [-0.3, -0.25) is 14.5 Å². The van der Waals surface area contributed by atoms with Crippen molar-refractivity contribution in [1.29, 1.82) is 0 Å². The minimum Gasteiger partial charge on any atom is -0.469 e. The summed E-state index contributed by atoms with van der Waals surface area (Å²) in [5.41, 5.74) is -2.26. The third-order valence-corrected chi connectivity index (χ3v) is 11.7. The van der Waals surface area contributed by atoms with Gasteiger partial charge >= 0.3 is 18.3 Å². The maximum Gasteiger partial charge on any atom is 0.416 e. The van der Waals surface area contributed by atoms with Gasteiger partial charge in [0.25, 0.3) is 0 Å². The predicted octanol–water partition coefficient (Wildman–Crippen LogP) is 8.06. The molecular weight excluding hydrogens is 700 g/mol. The number of alkyl halides is 6. The van der Waals surface area contributed by atoms with E-state index in [2.05, 4.69) is 4.90 Å². The van der Waals surface area contributed by atoms with Crippen LogP contribution in [0.3, 0.4) is 0 Å². The molecule has 7 rings (SSSR count). The molecule has 1 spiro atoms. The van der Waals surface area contributed by atoms with E-state index in [1.807, 2.05) is 12.1 Å². The van der Waals surface area contributed by atoms with Crippen LogP contribution in [0, 0.1) is 29.4 Å². The fourth-order valence-electron chi connectivity index (χ4n) is 9.40. The van der Waals surface area contributed by atoms with Crippen molar-refractivity contribution in [2.24, 2.45) is 17.8 Å². The molecule has 4 aliphatic rings. The maximum atomic E-state index is 14.1. The summed E-state index contributed by atoms with van der Waals surface area (Å²) >= 11 is 0. The van der Waals surface area contributed by atoms with Crippen molar-refractivity contribution in [3.05, 3.63) is 100 Å². The summed E-state index contributed by atoms with van der Waals surface area (Å²) in [6.07, 6.45) is -8.36. The van der Waals surface area contributed by atoms with Crippen molar-refractivity contribution >= 4 is 17.6 Å². The Balaban J connectivity index is 1.18. The predicted molar refractivity (Wildman–Crippen MR) is 172 cm³/mol. The minimum absolute atomic E-state index is 0.00127. The van der Waals surface area contributed by atoms with Crippen LogP contribution in [0.2, 0.25) is 0 Å². The largest absolute Gasteiger partial charge is 0.469 e. The van der Waals surface area contributed by atoms with E-state index in [0.717, 1.165) is 29.8 Å². The number of carbonyl (C=O) groups is 2. The number of rotatable bonds is 6. The van der Waals surface area contributed by atoms with Gasteiger partial charge in [0.05, 0.1) is 43.4 Å². The second kappa shape index (κ2) is 13.4. The number of carbonyl (C=O) groups excluding carboxylic acids is 2. The average Bonchev–Trinajstić information content (AvgIpc) is 3.44. The summed E-state index contributed by atoms with van der Waals surface area (Å²) in [4.78, 5) is 31.2. The van der Waals surface area contributed by atoms with Crippen molar-refractivity contribution in [3.63, 3.8) is 0 Å². The lowest BCUT2D eigenvalue weighted by atomic mass is 9.60. The lowest BCUT2D eigenvalue weighted by molar-refractivity contribution is -0.166. The van der Waals surface area contributed by atoms with Crippen LogP contribution in [-0.4, -0.2) is 49.1 Å². The Bertz CT molecular complexity index is 1870. The summed E-state index contributed by atoms with van der Waals surface area (Å²) < 4.78 is 122. The summed E-state index contributed by atoms with van der Waals surface area (Å²) in [6, 6.07) is 11.6. The molecular formula is C38H36F8N2O4. The number of methoxy groups -OCH3 is 1. The minimum atomic E-state index is -4.83. The highest BCUT2D eigenvalue weighted by molar-refractivity contribution is 5.98. The molecule has 3 aromatic carbocycles. The van der Waals surface area contributed by atoms with Crippen LogP contribution in [0.15, 0.2) is 60.7 Å². The van der Waals surface area contributed by atoms with Gasteiger partial charge in [0, 0.05) is 30.1 Å². The molecule has 3 heterocycles. The number of para-hydroxylation sites is 1. The number of nitrogens with zero attached hydrogens (tertiary/aromatic N) is 2. The number of esters is 1. The van der Waals surface area contributed by atoms with Crippen molar-refractivity contribution < 1.29 is 54.2 Å². The quantitative estimate of drug-likeness (QED) is 0.190. The number of amides is 1. The summed E-state index contributed by atoms with van der Waals surface area (Å²) in [7, 11) is 1.24. The Morgan fingerprint density at radius 1 is 0.904 bits per heavy atom. The van der Waals surface area contributed by atoms with Gasteiger partial charge in [-0.2, -0.15) is 26.3 Å². The van der Waals surface area contributed by atoms with E-state index in [4.69, 9.17) is 9.47 Å². The third-order valence-electron chi connectivity index (χ3n) is 11.7. The molecule has 0 bridgehead atoms. The van der Waals surface area contributed by atoms with Gasteiger partial charge in [0.15, 0.2) is 0 Å². The molecule has 52 heavy (non-hydrogen) atoms. The SMILES string of the molecule is COC(=O)[C@@H]1[C@H]2C[C@@H]3N(CC[C@@]34CC(=O)N(Cc3ccc(F)cc3C(F)(F)F)c3ccccc34)C[C@@H]2CC[C@@H]1OCc1ccc(F)cc1C(F)(F)F. The van der Waals surface area contributed by atoms with E-state index in [9.17, 15) is 44.7 Å². The maximum absolute atomic E-state index is 14.1. The number of hydrogen-bond acceptors (Lipinski definition) is 5. The lowest BCUT2D eigenvalue weighted by Crippen LogP contribution is -2.58. The smallest absolute Gasteiger partial charge is 0.416 e. The first-order chi connectivity index (χ1) is 24.6. The van der Waals surface area contributed by atoms with Gasteiger partial charge in [0.1, 0.15) is 11.6 Å². The Kier molecular flexibility index (Phi) is 9.38. The van der Waals surface area contributed by atoms with E-state index in [1.54, 1.807) is 12.1 Å². The number of fused-ring (bicyclic) bond motifs is 5. The Morgan fingerprint density at radius 3 is 2.23 bits per heavy atom. The van der Waals surface area contributed by atoms with Crippen molar-refractivity contribution in [2.45, 2.75) is 75.2 Å². The average molecular weight is 737 g/mol. The zero-order valence-corrected chi connectivity index (χ0v) is 28.1. The molecule has 3 aliphatic heterocycles. The molecule has 1 aliphatic carbocycles.